The summed E-state index contributed by atoms with van der Waals surface area (Å²) in [5, 5.41) is 1.21. The predicted octanol–water partition coefficient (Wildman–Crippen LogP) is 4.43. The fourth-order valence-electron chi connectivity index (χ4n) is 3.27. The smallest absolute Gasteiger partial charge is 0.160 e. The highest BCUT2D eigenvalue weighted by Crippen LogP contribution is 2.49. The Morgan fingerprint density at radius 3 is 2.86 bits per heavy atom. The molecule has 2 aromatic heterocycles. The van der Waals surface area contributed by atoms with Crippen molar-refractivity contribution in [3.8, 4) is 0 Å². The summed E-state index contributed by atoms with van der Waals surface area (Å²) in [6.45, 7) is 4.45. The summed E-state index contributed by atoms with van der Waals surface area (Å²) in [6.07, 6.45) is 3.04. The summed E-state index contributed by atoms with van der Waals surface area (Å²) >= 11 is 3.79. The van der Waals surface area contributed by atoms with E-state index in [9.17, 15) is 0 Å². The number of fused-ring (bicyclic) bond motifs is 1. The number of nitrogens with zero attached hydrogens (tertiary/aromatic N) is 3. The molecule has 2 aliphatic rings. The number of aliphatic imine (C=N–C) groups is 1. The summed E-state index contributed by atoms with van der Waals surface area (Å²) in [7, 11) is 0. The number of amidine groups is 1. The molecule has 1 fully saturated rings. The van der Waals surface area contributed by atoms with Crippen LogP contribution in [0.15, 0.2) is 41.5 Å². The molecule has 5 heteroatoms. The first kappa shape index (κ1) is 14.3. The lowest BCUT2D eigenvalue weighted by Crippen LogP contribution is -2.34. The van der Waals surface area contributed by atoms with Crippen LogP contribution < -0.4 is 0 Å². The normalized spacial score (nSPS) is 27.1. The Morgan fingerprint density at radius 1 is 1.27 bits per heavy atom. The topological polar surface area (TPSA) is 28.5 Å². The van der Waals surface area contributed by atoms with E-state index in [1.54, 1.807) is 0 Å². The van der Waals surface area contributed by atoms with Gasteiger partial charge in [-0.1, -0.05) is 24.8 Å². The Morgan fingerprint density at radius 2 is 2.18 bits per heavy atom. The van der Waals surface area contributed by atoms with Crippen molar-refractivity contribution < 1.29 is 0 Å². The first-order valence-corrected chi connectivity index (χ1v) is 9.54. The lowest BCUT2D eigenvalue weighted by molar-refractivity contribution is 0.258. The third-order valence-corrected chi connectivity index (χ3v) is 6.58. The van der Waals surface area contributed by atoms with Crippen molar-refractivity contribution in [2.24, 2.45) is 4.99 Å². The first-order valence-electron chi connectivity index (χ1n) is 7.74. The average molecular weight is 329 g/mol. The van der Waals surface area contributed by atoms with E-state index in [-0.39, 0.29) is 6.04 Å². The van der Waals surface area contributed by atoms with Crippen LogP contribution in [0.4, 0.5) is 0 Å². The van der Waals surface area contributed by atoms with E-state index in [1.807, 2.05) is 35.4 Å². The summed E-state index contributed by atoms with van der Waals surface area (Å²) in [6, 6.07) is 11.7. The predicted molar refractivity (Wildman–Crippen MR) is 94.6 cm³/mol. The van der Waals surface area contributed by atoms with Gasteiger partial charge in [-0.3, -0.25) is 9.98 Å². The van der Waals surface area contributed by atoms with Gasteiger partial charge in [-0.15, -0.1) is 11.3 Å². The zero-order chi connectivity index (χ0) is 15.1. The standard InChI is InChI=1S/C17H19N3S2/c1-3-12-10-21-17-19-15(13-6-4-5-9-18-13)16(20(12)17)14-8-7-11(2)22-14/h4-9,12,15-16H,3,10H2,1-2H3/t12-,15+,16-/m1/s1. The third kappa shape index (κ3) is 2.27. The number of pyridine rings is 1. The zero-order valence-corrected chi connectivity index (χ0v) is 14.4. The molecule has 0 aliphatic carbocycles. The van der Waals surface area contributed by atoms with Gasteiger partial charge in [-0.2, -0.15) is 0 Å². The molecule has 0 bridgehead atoms. The molecular weight excluding hydrogens is 310 g/mol. The van der Waals surface area contributed by atoms with Crippen molar-refractivity contribution in [1.82, 2.24) is 9.88 Å². The highest BCUT2D eigenvalue weighted by Gasteiger charge is 2.45. The molecular formula is C17H19N3S2. The van der Waals surface area contributed by atoms with Crippen LogP contribution in [0.3, 0.4) is 0 Å². The van der Waals surface area contributed by atoms with Crippen LogP contribution in [-0.2, 0) is 0 Å². The molecule has 3 atom stereocenters. The van der Waals surface area contributed by atoms with E-state index < -0.39 is 0 Å². The van der Waals surface area contributed by atoms with Crippen LogP contribution in [-0.4, -0.2) is 26.8 Å². The molecule has 3 nitrogen and oxygen atoms in total. The molecule has 0 saturated carbocycles. The van der Waals surface area contributed by atoms with E-state index in [2.05, 4.69) is 48.0 Å². The van der Waals surface area contributed by atoms with Crippen molar-refractivity contribution in [2.75, 3.05) is 5.75 Å². The van der Waals surface area contributed by atoms with E-state index in [0.29, 0.717) is 12.1 Å². The number of aryl methyl sites for hydroxylation is 1. The molecule has 0 spiro atoms. The van der Waals surface area contributed by atoms with Crippen LogP contribution >= 0.6 is 23.1 Å². The van der Waals surface area contributed by atoms with Crippen molar-refractivity contribution in [1.29, 1.82) is 0 Å². The van der Waals surface area contributed by atoms with Crippen LogP contribution in [0.1, 0.15) is 40.9 Å². The molecule has 2 aliphatic heterocycles. The highest BCUT2D eigenvalue weighted by molar-refractivity contribution is 8.14. The van der Waals surface area contributed by atoms with E-state index in [1.165, 1.54) is 21.3 Å². The van der Waals surface area contributed by atoms with Gasteiger partial charge >= 0.3 is 0 Å². The molecule has 114 valence electrons. The van der Waals surface area contributed by atoms with Crippen LogP contribution in [0.2, 0.25) is 0 Å². The maximum atomic E-state index is 5.04. The second kappa shape index (κ2) is 5.70. The van der Waals surface area contributed by atoms with E-state index in [4.69, 9.17) is 4.99 Å². The van der Waals surface area contributed by atoms with E-state index >= 15 is 0 Å². The Hall–Kier alpha value is -1.33. The summed E-state index contributed by atoms with van der Waals surface area (Å²) in [4.78, 5) is 14.9. The van der Waals surface area contributed by atoms with Crippen molar-refractivity contribution in [3.05, 3.63) is 52.0 Å². The Kier molecular flexibility index (Phi) is 3.70. The van der Waals surface area contributed by atoms with Gasteiger partial charge in [0.15, 0.2) is 5.17 Å². The molecule has 0 aromatic carbocycles. The molecule has 4 rings (SSSR count). The fourth-order valence-corrected chi connectivity index (χ4v) is 5.62. The maximum Gasteiger partial charge on any atom is 0.160 e. The van der Waals surface area contributed by atoms with E-state index in [0.717, 1.165) is 11.4 Å². The second-order valence-corrected chi connectivity index (χ2v) is 8.09. The minimum Gasteiger partial charge on any atom is -0.337 e. The minimum absolute atomic E-state index is 0.121. The van der Waals surface area contributed by atoms with Gasteiger partial charge < -0.3 is 4.90 Å². The molecule has 0 radical (unpaired) electrons. The quantitative estimate of drug-likeness (QED) is 0.834. The molecule has 0 amide bonds. The van der Waals surface area contributed by atoms with Gasteiger partial charge in [-0.25, -0.2) is 0 Å². The Labute approximate surface area is 139 Å². The highest BCUT2D eigenvalue weighted by atomic mass is 32.2. The van der Waals surface area contributed by atoms with Crippen LogP contribution in [0, 0.1) is 6.92 Å². The average Bonchev–Trinajstić information content (AvgIpc) is 3.22. The SMILES string of the molecule is CC[C@@H]1CSC2=N[C@@H](c3ccccn3)[C@@H](c3ccc(C)s3)N21. The number of thiophene rings is 1. The largest absolute Gasteiger partial charge is 0.337 e. The number of hydrogen-bond acceptors (Lipinski definition) is 5. The van der Waals surface area contributed by atoms with Gasteiger partial charge in [0.05, 0.1) is 11.7 Å². The molecule has 2 aromatic rings. The molecule has 0 unspecified atom stereocenters. The summed E-state index contributed by atoms with van der Waals surface area (Å²) in [5.41, 5.74) is 1.08. The monoisotopic (exact) mass is 329 g/mol. The van der Waals surface area contributed by atoms with Crippen LogP contribution in [0.25, 0.3) is 0 Å². The lowest BCUT2D eigenvalue weighted by Gasteiger charge is -2.30. The first-order chi connectivity index (χ1) is 10.8. The lowest BCUT2D eigenvalue weighted by atomic mass is 10.0. The van der Waals surface area contributed by atoms with Gasteiger partial charge in [0, 0.05) is 27.7 Å². The van der Waals surface area contributed by atoms with Crippen molar-refractivity contribution in [2.45, 2.75) is 38.4 Å². The number of hydrogen-bond donors (Lipinski definition) is 0. The van der Waals surface area contributed by atoms with Crippen molar-refractivity contribution in [3.63, 3.8) is 0 Å². The number of rotatable bonds is 3. The summed E-state index contributed by atoms with van der Waals surface area (Å²) in [5.74, 6) is 1.16. The summed E-state index contributed by atoms with van der Waals surface area (Å²) < 4.78 is 0. The molecule has 0 N–H and O–H groups in total. The minimum atomic E-state index is 0.121. The van der Waals surface area contributed by atoms with Crippen molar-refractivity contribution >= 4 is 28.3 Å². The Bertz CT molecular complexity index is 695. The second-order valence-electron chi connectivity index (χ2n) is 5.78. The maximum absolute atomic E-state index is 5.04. The number of thioether (sulfide) groups is 1. The van der Waals surface area contributed by atoms with Crippen LogP contribution in [0.5, 0.6) is 0 Å². The molecule has 22 heavy (non-hydrogen) atoms. The zero-order valence-electron chi connectivity index (χ0n) is 12.8. The van der Waals surface area contributed by atoms with Gasteiger partial charge in [0.25, 0.3) is 0 Å². The molecule has 1 saturated heterocycles. The Balaban J connectivity index is 1.78. The fraction of sp³-hybridized carbons (Fsp3) is 0.412. The van der Waals surface area contributed by atoms with Gasteiger partial charge in [0.1, 0.15) is 6.04 Å². The van der Waals surface area contributed by atoms with Gasteiger partial charge in [-0.05, 0) is 37.6 Å². The molecule has 4 heterocycles. The van der Waals surface area contributed by atoms with Gasteiger partial charge in [0.2, 0.25) is 0 Å². The number of aromatic nitrogens is 1. The third-order valence-electron chi connectivity index (χ3n) is 4.38.